The molecule has 2 N–H and O–H groups in total. The zero-order valence-corrected chi connectivity index (χ0v) is 13.6. The molecule has 0 bridgehead atoms. The fraction of sp³-hybridized carbons (Fsp3) is 0.500. The molecule has 0 radical (unpaired) electrons. The first kappa shape index (κ1) is 15.8. The fourth-order valence-corrected chi connectivity index (χ4v) is 2.90. The number of pyridine rings is 1. The number of likely N-dealkylation sites (N-methyl/N-ethyl adjacent to an activating group) is 1. The van der Waals surface area contributed by atoms with E-state index in [1.165, 1.54) is 0 Å². The molecule has 0 saturated carbocycles. The highest BCUT2D eigenvalue weighted by Crippen LogP contribution is 2.19. The molecule has 0 aromatic carbocycles. The lowest BCUT2D eigenvalue weighted by Gasteiger charge is -2.37. The van der Waals surface area contributed by atoms with E-state index < -0.39 is 5.91 Å². The minimum atomic E-state index is -0.535. The number of rotatable bonds is 5. The Hall–Kier alpha value is -2.12. The van der Waals surface area contributed by atoms with Crippen molar-refractivity contribution in [2.75, 3.05) is 39.8 Å². The summed E-state index contributed by atoms with van der Waals surface area (Å²) < 4.78 is 7.42. The maximum absolute atomic E-state index is 11.7. The van der Waals surface area contributed by atoms with Crippen LogP contribution in [0.2, 0.25) is 0 Å². The van der Waals surface area contributed by atoms with Gasteiger partial charge in [-0.05, 0) is 26.1 Å². The van der Waals surface area contributed by atoms with Crippen molar-refractivity contribution in [3.8, 4) is 5.88 Å². The highest BCUT2D eigenvalue weighted by atomic mass is 16.5. The lowest BCUT2D eigenvalue weighted by molar-refractivity contribution is 0.0911. The van der Waals surface area contributed by atoms with Crippen LogP contribution >= 0.6 is 0 Å². The third-order valence-electron chi connectivity index (χ3n) is 4.42. The van der Waals surface area contributed by atoms with Crippen LogP contribution in [-0.4, -0.2) is 71.0 Å². The van der Waals surface area contributed by atoms with E-state index in [1.807, 2.05) is 18.2 Å². The second-order valence-electron chi connectivity index (χ2n) is 6.04. The van der Waals surface area contributed by atoms with Gasteiger partial charge in [0.15, 0.2) is 5.69 Å². The zero-order valence-electron chi connectivity index (χ0n) is 13.6. The minimum Gasteiger partial charge on any atom is -0.475 e. The number of carbonyl (C=O) groups excluding carboxylic acids is 1. The SMILES string of the molecule is CC1CN(CCOc2nc3ccccn3c2C(N)=O)CCN1C. The molecular weight excluding hydrogens is 294 g/mol. The number of fused-ring (bicyclic) bond motifs is 1. The summed E-state index contributed by atoms with van der Waals surface area (Å²) in [6.45, 7) is 6.62. The standard InChI is InChI=1S/C16H23N5O2/c1-12-11-20(8-7-19(12)2)9-10-23-16-14(15(17)22)21-6-4-3-5-13(21)18-16/h3-6,12H,7-11H2,1-2H3,(H2,17,22). The van der Waals surface area contributed by atoms with Crippen molar-refractivity contribution in [1.82, 2.24) is 19.2 Å². The number of nitrogens with zero attached hydrogens (tertiary/aromatic N) is 4. The molecule has 1 amide bonds. The number of hydrogen-bond acceptors (Lipinski definition) is 5. The molecule has 0 aliphatic carbocycles. The van der Waals surface area contributed by atoms with Gasteiger partial charge >= 0.3 is 0 Å². The lowest BCUT2D eigenvalue weighted by atomic mass is 10.2. The predicted molar refractivity (Wildman–Crippen MR) is 87.7 cm³/mol. The molecule has 3 rings (SSSR count). The largest absolute Gasteiger partial charge is 0.475 e. The van der Waals surface area contributed by atoms with E-state index in [1.54, 1.807) is 10.6 Å². The first-order valence-corrected chi connectivity index (χ1v) is 7.88. The highest BCUT2D eigenvalue weighted by molar-refractivity contribution is 5.94. The number of ether oxygens (including phenoxy) is 1. The molecular formula is C16H23N5O2. The van der Waals surface area contributed by atoms with Crippen LogP contribution in [0.4, 0.5) is 0 Å². The monoisotopic (exact) mass is 317 g/mol. The van der Waals surface area contributed by atoms with Crippen LogP contribution in [0.1, 0.15) is 17.4 Å². The molecule has 1 unspecified atom stereocenters. The topological polar surface area (TPSA) is 76.1 Å². The van der Waals surface area contributed by atoms with Gasteiger partial charge in [-0.2, -0.15) is 4.98 Å². The zero-order chi connectivity index (χ0) is 16.4. The van der Waals surface area contributed by atoms with Crippen molar-refractivity contribution in [2.24, 2.45) is 5.73 Å². The van der Waals surface area contributed by atoms with Crippen molar-refractivity contribution in [3.05, 3.63) is 30.1 Å². The molecule has 1 aliphatic rings. The minimum absolute atomic E-state index is 0.298. The Morgan fingerprint density at radius 3 is 3.00 bits per heavy atom. The Morgan fingerprint density at radius 1 is 1.43 bits per heavy atom. The summed E-state index contributed by atoms with van der Waals surface area (Å²) in [4.78, 5) is 20.8. The summed E-state index contributed by atoms with van der Waals surface area (Å²) in [5.74, 6) is -0.224. The molecule has 23 heavy (non-hydrogen) atoms. The molecule has 0 spiro atoms. The number of hydrogen-bond donors (Lipinski definition) is 1. The van der Waals surface area contributed by atoms with Crippen molar-refractivity contribution in [1.29, 1.82) is 0 Å². The number of piperazine rings is 1. The number of imidazole rings is 1. The number of aromatic nitrogens is 2. The van der Waals surface area contributed by atoms with Gasteiger partial charge in [-0.1, -0.05) is 6.07 Å². The maximum atomic E-state index is 11.7. The molecule has 7 nitrogen and oxygen atoms in total. The predicted octanol–water partition coefficient (Wildman–Crippen LogP) is 0.448. The summed E-state index contributed by atoms with van der Waals surface area (Å²) in [6.07, 6.45) is 1.76. The Kier molecular flexibility index (Phi) is 4.49. The van der Waals surface area contributed by atoms with Crippen LogP contribution in [0.3, 0.4) is 0 Å². The van der Waals surface area contributed by atoms with Gasteiger partial charge in [0.05, 0.1) is 0 Å². The Bertz CT molecular complexity index is 699. The Morgan fingerprint density at radius 2 is 2.26 bits per heavy atom. The van der Waals surface area contributed by atoms with Crippen LogP contribution in [-0.2, 0) is 0 Å². The van der Waals surface area contributed by atoms with E-state index in [4.69, 9.17) is 10.5 Å². The normalized spacial score (nSPS) is 20.0. The molecule has 1 atom stereocenters. The average Bonchev–Trinajstić information content (AvgIpc) is 2.89. The molecule has 124 valence electrons. The van der Waals surface area contributed by atoms with Gasteiger partial charge < -0.3 is 15.4 Å². The summed E-state index contributed by atoms with van der Waals surface area (Å²) in [6, 6.07) is 6.06. The summed E-state index contributed by atoms with van der Waals surface area (Å²) in [7, 11) is 2.15. The van der Waals surface area contributed by atoms with Crippen LogP contribution in [0.5, 0.6) is 5.88 Å². The Balaban J connectivity index is 1.65. The second kappa shape index (κ2) is 6.55. The Labute approximate surface area is 135 Å². The van der Waals surface area contributed by atoms with E-state index in [9.17, 15) is 4.79 Å². The second-order valence-corrected chi connectivity index (χ2v) is 6.04. The molecule has 1 aliphatic heterocycles. The van der Waals surface area contributed by atoms with Gasteiger partial charge in [0.2, 0.25) is 5.88 Å². The summed E-state index contributed by atoms with van der Waals surface area (Å²) in [5.41, 5.74) is 6.43. The van der Waals surface area contributed by atoms with E-state index in [0.717, 1.165) is 26.2 Å². The smallest absolute Gasteiger partial charge is 0.271 e. The lowest BCUT2D eigenvalue weighted by Crippen LogP contribution is -2.50. The molecule has 2 aromatic rings. The van der Waals surface area contributed by atoms with Gasteiger partial charge in [-0.25, -0.2) is 0 Å². The van der Waals surface area contributed by atoms with E-state index in [2.05, 4.69) is 28.8 Å². The van der Waals surface area contributed by atoms with Crippen LogP contribution in [0.25, 0.3) is 5.65 Å². The summed E-state index contributed by atoms with van der Waals surface area (Å²) >= 11 is 0. The van der Waals surface area contributed by atoms with Crippen LogP contribution in [0.15, 0.2) is 24.4 Å². The van der Waals surface area contributed by atoms with Crippen LogP contribution < -0.4 is 10.5 Å². The summed E-state index contributed by atoms with van der Waals surface area (Å²) in [5, 5.41) is 0. The number of primary amides is 1. The average molecular weight is 317 g/mol. The van der Waals surface area contributed by atoms with Gasteiger partial charge in [0.25, 0.3) is 5.91 Å². The van der Waals surface area contributed by atoms with E-state index in [-0.39, 0.29) is 0 Å². The first-order valence-electron chi connectivity index (χ1n) is 7.88. The molecule has 3 heterocycles. The van der Waals surface area contributed by atoms with Crippen molar-refractivity contribution in [3.63, 3.8) is 0 Å². The molecule has 1 fully saturated rings. The highest BCUT2D eigenvalue weighted by Gasteiger charge is 2.21. The van der Waals surface area contributed by atoms with E-state index >= 15 is 0 Å². The van der Waals surface area contributed by atoms with E-state index in [0.29, 0.717) is 29.9 Å². The first-order chi connectivity index (χ1) is 11.1. The molecule has 7 heteroatoms. The third-order valence-corrected chi connectivity index (χ3v) is 4.42. The third kappa shape index (κ3) is 3.30. The number of amides is 1. The molecule has 1 saturated heterocycles. The molecule has 2 aromatic heterocycles. The van der Waals surface area contributed by atoms with Crippen molar-refractivity contribution in [2.45, 2.75) is 13.0 Å². The van der Waals surface area contributed by atoms with Gasteiger partial charge in [0.1, 0.15) is 12.3 Å². The number of nitrogens with two attached hydrogens (primary N) is 1. The van der Waals surface area contributed by atoms with Crippen molar-refractivity contribution >= 4 is 11.6 Å². The van der Waals surface area contributed by atoms with Crippen molar-refractivity contribution < 1.29 is 9.53 Å². The quantitative estimate of drug-likeness (QED) is 0.866. The van der Waals surface area contributed by atoms with Gasteiger partial charge in [0, 0.05) is 38.4 Å². The van der Waals surface area contributed by atoms with Crippen LogP contribution in [0, 0.1) is 0 Å². The number of carbonyl (C=O) groups is 1. The van der Waals surface area contributed by atoms with Gasteiger partial charge in [-0.15, -0.1) is 0 Å². The fourth-order valence-electron chi connectivity index (χ4n) is 2.90. The maximum Gasteiger partial charge on any atom is 0.271 e. The van der Waals surface area contributed by atoms with Gasteiger partial charge in [-0.3, -0.25) is 14.1 Å².